The number of benzene rings is 1. The SMILES string of the molecule is COc1cc(NS(=O)(=O)c2ccc(NC(=O)Cn3nc(C)cc3C(F)(F)F)cc2)nc(OC)n1. The zero-order chi connectivity index (χ0) is 25.1. The number of ether oxygens (including phenoxy) is 2. The van der Waals surface area contributed by atoms with E-state index in [-0.39, 0.29) is 34.0 Å². The van der Waals surface area contributed by atoms with Gasteiger partial charge in [0.25, 0.3) is 10.0 Å². The van der Waals surface area contributed by atoms with Crippen LogP contribution in [0.25, 0.3) is 0 Å². The predicted molar refractivity (Wildman–Crippen MR) is 113 cm³/mol. The zero-order valence-corrected chi connectivity index (χ0v) is 18.9. The van der Waals surface area contributed by atoms with Crippen LogP contribution in [0.4, 0.5) is 24.7 Å². The number of nitrogens with one attached hydrogen (secondary N) is 2. The highest BCUT2D eigenvalue weighted by Gasteiger charge is 2.35. The number of nitrogens with zero attached hydrogens (tertiary/aromatic N) is 4. The van der Waals surface area contributed by atoms with Crippen molar-refractivity contribution >= 4 is 27.4 Å². The summed E-state index contributed by atoms with van der Waals surface area (Å²) in [6.07, 6.45) is -4.66. The third kappa shape index (κ3) is 5.92. The average Bonchev–Trinajstić information content (AvgIpc) is 3.13. The van der Waals surface area contributed by atoms with Crippen LogP contribution in [0, 0.1) is 6.92 Å². The lowest BCUT2D eigenvalue weighted by Crippen LogP contribution is -2.23. The number of carbonyl (C=O) groups is 1. The van der Waals surface area contributed by atoms with Crippen LogP contribution in [-0.4, -0.2) is 48.3 Å². The van der Waals surface area contributed by atoms with Gasteiger partial charge in [-0.3, -0.25) is 14.2 Å². The summed E-state index contributed by atoms with van der Waals surface area (Å²) in [4.78, 5) is 19.8. The van der Waals surface area contributed by atoms with Crippen molar-refractivity contribution in [3.8, 4) is 11.9 Å². The molecule has 0 saturated carbocycles. The Morgan fingerprint density at radius 2 is 1.76 bits per heavy atom. The summed E-state index contributed by atoms with van der Waals surface area (Å²) in [6.45, 7) is 0.701. The maximum absolute atomic E-state index is 13.1. The Labute approximate surface area is 192 Å². The Morgan fingerprint density at radius 3 is 2.35 bits per heavy atom. The van der Waals surface area contributed by atoms with E-state index in [1.54, 1.807) is 0 Å². The molecule has 3 aromatic rings. The summed E-state index contributed by atoms with van der Waals surface area (Å²) >= 11 is 0. The number of hydrogen-bond donors (Lipinski definition) is 2. The van der Waals surface area contributed by atoms with Gasteiger partial charge in [0.15, 0.2) is 5.82 Å². The van der Waals surface area contributed by atoms with Gasteiger partial charge in [-0.2, -0.15) is 28.2 Å². The van der Waals surface area contributed by atoms with Gasteiger partial charge in [-0.25, -0.2) is 8.42 Å². The van der Waals surface area contributed by atoms with E-state index in [2.05, 4.69) is 25.1 Å². The second-order valence-corrected chi connectivity index (χ2v) is 8.47. The first kappa shape index (κ1) is 24.8. The number of anilines is 2. The van der Waals surface area contributed by atoms with Crippen LogP contribution in [0.5, 0.6) is 11.9 Å². The lowest BCUT2D eigenvalue weighted by Gasteiger charge is -2.12. The van der Waals surface area contributed by atoms with Gasteiger partial charge in [0.05, 0.1) is 24.8 Å². The van der Waals surface area contributed by atoms with Crippen LogP contribution in [-0.2, 0) is 27.5 Å². The molecular formula is C19H19F3N6O5S. The number of sulfonamides is 1. The van der Waals surface area contributed by atoms with Gasteiger partial charge in [0.2, 0.25) is 11.8 Å². The Hall–Kier alpha value is -3.88. The van der Waals surface area contributed by atoms with E-state index in [4.69, 9.17) is 9.47 Å². The van der Waals surface area contributed by atoms with Gasteiger partial charge in [0, 0.05) is 11.8 Å². The van der Waals surface area contributed by atoms with Crippen LogP contribution in [0.3, 0.4) is 0 Å². The minimum atomic E-state index is -4.66. The molecule has 2 N–H and O–H groups in total. The number of methoxy groups -OCH3 is 2. The number of aromatic nitrogens is 4. The monoisotopic (exact) mass is 500 g/mol. The second-order valence-electron chi connectivity index (χ2n) is 6.79. The molecule has 182 valence electrons. The number of aryl methyl sites for hydroxylation is 1. The smallest absolute Gasteiger partial charge is 0.433 e. The minimum absolute atomic E-state index is 0.0728. The van der Waals surface area contributed by atoms with E-state index in [0.29, 0.717) is 4.68 Å². The fourth-order valence-electron chi connectivity index (χ4n) is 2.80. The number of amides is 1. The Bertz CT molecular complexity index is 1270. The minimum Gasteiger partial charge on any atom is -0.481 e. The van der Waals surface area contributed by atoms with Crippen molar-refractivity contribution in [2.45, 2.75) is 24.5 Å². The number of alkyl halides is 3. The van der Waals surface area contributed by atoms with Crippen molar-refractivity contribution in [1.82, 2.24) is 19.7 Å². The van der Waals surface area contributed by atoms with Crippen molar-refractivity contribution in [3.63, 3.8) is 0 Å². The molecule has 0 unspecified atom stereocenters. The summed E-state index contributed by atoms with van der Waals surface area (Å²) in [5.74, 6) is -0.803. The van der Waals surface area contributed by atoms with E-state index in [0.717, 1.165) is 6.07 Å². The van der Waals surface area contributed by atoms with Gasteiger partial charge in [0.1, 0.15) is 12.2 Å². The van der Waals surface area contributed by atoms with E-state index in [9.17, 15) is 26.4 Å². The summed E-state index contributed by atoms with van der Waals surface area (Å²) in [7, 11) is -1.44. The first-order valence-corrected chi connectivity index (χ1v) is 10.9. The van der Waals surface area contributed by atoms with E-state index in [1.165, 1.54) is 51.5 Å². The molecular weight excluding hydrogens is 481 g/mol. The van der Waals surface area contributed by atoms with Crippen LogP contribution in [0.2, 0.25) is 0 Å². The van der Waals surface area contributed by atoms with Crippen molar-refractivity contribution in [3.05, 3.63) is 47.8 Å². The third-order valence-electron chi connectivity index (χ3n) is 4.25. The molecule has 0 spiro atoms. The lowest BCUT2D eigenvalue weighted by atomic mass is 10.3. The molecule has 0 aliphatic heterocycles. The molecule has 1 amide bonds. The molecule has 0 aliphatic rings. The molecule has 0 fully saturated rings. The highest BCUT2D eigenvalue weighted by atomic mass is 32.2. The highest BCUT2D eigenvalue weighted by molar-refractivity contribution is 7.92. The summed E-state index contributed by atoms with van der Waals surface area (Å²) in [5, 5.41) is 6.09. The normalized spacial score (nSPS) is 11.7. The van der Waals surface area contributed by atoms with Crippen LogP contribution in [0.1, 0.15) is 11.4 Å². The molecule has 2 heterocycles. The van der Waals surface area contributed by atoms with Gasteiger partial charge >= 0.3 is 12.2 Å². The fraction of sp³-hybridized carbons (Fsp3) is 0.263. The molecule has 0 radical (unpaired) electrons. The van der Waals surface area contributed by atoms with Gasteiger partial charge in [-0.05, 0) is 37.3 Å². The lowest BCUT2D eigenvalue weighted by molar-refractivity contribution is -0.144. The summed E-state index contributed by atoms with van der Waals surface area (Å²) in [6, 6.07) is 6.94. The predicted octanol–water partition coefficient (Wildman–Crippen LogP) is 2.46. The Morgan fingerprint density at radius 1 is 1.09 bits per heavy atom. The molecule has 0 atom stereocenters. The van der Waals surface area contributed by atoms with E-state index in [1.807, 2.05) is 0 Å². The number of halogens is 3. The van der Waals surface area contributed by atoms with Crippen molar-refractivity contribution in [1.29, 1.82) is 0 Å². The maximum Gasteiger partial charge on any atom is 0.433 e. The molecule has 2 aromatic heterocycles. The first-order valence-electron chi connectivity index (χ1n) is 9.42. The van der Waals surface area contributed by atoms with Crippen molar-refractivity contribution in [2.75, 3.05) is 24.3 Å². The van der Waals surface area contributed by atoms with Gasteiger partial charge < -0.3 is 14.8 Å². The van der Waals surface area contributed by atoms with Crippen LogP contribution in [0.15, 0.2) is 41.3 Å². The Balaban J connectivity index is 1.71. The van der Waals surface area contributed by atoms with Crippen LogP contribution < -0.4 is 19.5 Å². The van der Waals surface area contributed by atoms with Crippen molar-refractivity contribution in [2.24, 2.45) is 0 Å². The summed E-state index contributed by atoms with van der Waals surface area (Å²) < 4.78 is 77.1. The molecule has 0 saturated heterocycles. The molecule has 15 heteroatoms. The molecule has 0 bridgehead atoms. The van der Waals surface area contributed by atoms with E-state index >= 15 is 0 Å². The number of rotatable bonds is 8. The summed E-state index contributed by atoms with van der Waals surface area (Å²) in [5.41, 5.74) is -0.765. The van der Waals surface area contributed by atoms with E-state index < -0.39 is 34.3 Å². The molecule has 0 aliphatic carbocycles. The number of hydrogen-bond acceptors (Lipinski definition) is 8. The van der Waals surface area contributed by atoms with Crippen LogP contribution >= 0.6 is 0 Å². The molecule has 1 aromatic carbocycles. The van der Waals surface area contributed by atoms with Gasteiger partial charge in [-0.15, -0.1) is 0 Å². The second kappa shape index (κ2) is 9.54. The highest BCUT2D eigenvalue weighted by Crippen LogP contribution is 2.29. The molecule has 3 rings (SSSR count). The quantitative estimate of drug-likeness (QED) is 0.481. The zero-order valence-electron chi connectivity index (χ0n) is 18.0. The standard InChI is InChI=1S/C19H19F3N6O5S/c1-11-8-14(19(20,21)22)28(26-11)10-16(29)23-12-4-6-13(7-5-12)34(30,31)27-15-9-17(32-2)25-18(24-15)33-3/h4-9H,10H2,1-3H3,(H,23,29)(H,24,25,27). The van der Waals surface area contributed by atoms with Gasteiger partial charge in [-0.1, -0.05) is 0 Å². The largest absolute Gasteiger partial charge is 0.481 e. The van der Waals surface area contributed by atoms with Crippen molar-refractivity contribution < 1.29 is 35.9 Å². The Kier molecular flexibility index (Phi) is 6.95. The topological polar surface area (TPSA) is 137 Å². The number of carbonyl (C=O) groups excluding carboxylic acids is 1. The molecule has 11 nitrogen and oxygen atoms in total. The fourth-order valence-corrected chi connectivity index (χ4v) is 3.79. The third-order valence-corrected chi connectivity index (χ3v) is 5.62. The first-order chi connectivity index (χ1) is 15.9. The maximum atomic E-state index is 13.1. The average molecular weight is 500 g/mol. The molecule has 34 heavy (non-hydrogen) atoms.